The van der Waals surface area contributed by atoms with Crippen LogP contribution in [0.4, 0.5) is 0 Å². The second kappa shape index (κ2) is 6.86. The quantitative estimate of drug-likeness (QED) is 0.340. The molecule has 1 spiro atoms. The van der Waals surface area contributed by atoms with Crippen molar-refractivity contribution in [3.05, 3.63) is 12.2 Å². The van der Waals surface area contributed by atoms with Gasteiger partial charge in [0, 0.05) is 36.0 Å². The van der Waals surface area contributed by atoms with Crippen molar-refractivity contribution in [3.63, 3.8) is 0 Å². The van der Waals surface area contributed by atoms with E-state index in [1.807, 2.05) is 6.92 Å². The van der Waals surface area contributed by atoms with Gasteiger partial charge in [0.25, 0.3) is 0 Å². The number of carbonyl (C=O) groups excluding carboxylic acids is 4. The average Bonchev–Trinajstić information content (AvgIpc) is 2.60. The van der Waals surface area contributed by atoms with Crippen LogP contribution in [0.1, 0.15) is 39.5 Å². The molecule has 0 aromatic carbocycles. The number of rotatable bonds is 3. The summed E-state index contributed by atoms with van der Waals surface area (Å²) in [6.45, 7) is 6.90. The van der Waals surface area contributed by atoms with Crippen molar-refractivity contribution in [2.24, 2.45) is 28.6 Å². The van der Waals surface area contributed by atoms with Gasteiger partial charge in [-0.15, -0.1) is 0 Å². The van der Waals surface area contributed by atoms with Crippen molar-refractivity contribution in [1.82, 2.24) is 0 Å². The molecule has 2 aliphatic carbocycles. The number of ether oxygens (including phenoxy) is 2. The van der Waals surface area contributed by atoms with Crippen molar-refractivity contribution in [2.45, 2.75) is 45.6 Å². The number of ketones is 1. The van der Waals surface area contributed by atoms with E-state index in [-0.39, 0.29) is 25.2 Å². The van der Waals surface area contributed by atoms with Crippen LogP contribution in [0, 0.1) is 28.6 Å². The van der Waals surface area contributed by atoms with Crippen LogP contribution in [0.3, 0.4) is 0 Å². The summed E-state index contributed by atoms with van der Waals surface area (Å²) in [4.78, 5) is 48.6. The lowest BCUT2D eigenvalue weighted by atomic mass is 9.47. The SMILES string of the molecule is C=C1CC(O)C2C(C(=O)OCC23CCCC(C)(COC(C)=O)C3C=O)C1=O. The summed E-state index contributed by atoms with van der Waals surface area (Å²) in [5.41, 5.74) is -1.31. The van der Waals surface area contributed by atoms with Crippen molar-refractivity contribution >= 4 is 24.0 Å². The van der Waals surface area contributed by atoms with E-state index in [2.05, 4.69) is 6.58 Å². The van der Waals surface area contributed by atoms with Gasteiger partial charge in [-0.25, -0.2) is 0 Å². The fourth-order valence-corrected chi connectivity index (χ4v) is 5.54. The number of aldehydes is 1. The van der Waals surface area contributed by atoms with Gasteiger partial charge in [-0.05, 0) is 18.4 Å². The van der Waals surface area contributed by atoms with Crippen LogP contribution >= 0.6 is 0 Å². The highest BCUT2D eigenvalue weighted by molar-refractivity contribution is 6.09. The van der Waals surface area contributed by atoms with Gasteiger partial charge in [0.2, 0.25) is 0 Å². The van der Waals surface area contributed by atoms with Crippen LogP contribution in [0.5, 0.6) is 0 Å². The fraction of sp³-hybridized carbons (Fsp3) is 0.700. The van der Waals surface area contributed by atoms with Gasteiger partial charge in [0.1, 0.15) is 12.2 Å². The summed E-state index contributed by atoms with van der Waals surface area (Å²) in [5.74, 6) is -3.96. The van der Waals surface area contributed by atoms with Gasteiger partial charge in [-0.3, -0.25) is 14.4 Å². The van der Waals surface area contributed by atoms with E-state index in [9.17, 15) is 24.3 Å². The molecule has 1 N–H and O–H groups in total. The maximum absolute atomic E-state index is 12.6. The van der Waals surface area contributed by atoms with Gasteiger partial charge in [-0.2, -0.15) is 0 Å². The Morgan fingerprint density at radius 2 is 2.11 bits per heavy atom. The van der Waals surface area contributed by atoms with Crippen LogP contribution in [0.15, 0.2) is 12.2 Å². The highest BCUT2D eigenvalue weighted by Crippen LogP contribution is 2.60. The molecule has 27 heavy (non-hydrogen) atoms. The van der Waals surface area contributed by atoms with Gasteiger partial charge in [-0.1, -0.05) is 19.9 Å². The number of carbonyl (C=O) groups is 4. The third-order valence-electron chi connectivity index (χ3n) is 6.76. The van der Waals surface area contributed by atoms with Crippen molar-refractivity contribution in [1.29, 1.82) is 0 Å². The summed E-state index contributed by atoms with van der Waals surface area (Å²) >= 11 is 0. The summed E-state index contributed by atoms with van der Waals surface area (Å²) in [6.07, 6.45) is 1.88. The number of Topliss-reactive ketones (excluding diaryl/α,β-unsaturated/α-hetero) is 1. The van der Waals surface area contributed by atoms with Crippen molar-refractivity contribution in [3.8, 4) is 0 Å². The second-order valence-electron chi connectivity index (χ2n) is 8.49. The number of cyclic esters (lactones) is 1. The van der Waals surface area contributed by atoms with Crippen LogP contribution in [-0.2, 0) is 28.7 Å². The monoisotopic (exact) mass is 378 g/mol. The Morgan fingerprint density at radius 1 is 1.41 bits per heavy atom. The maximum Gasteiger partial charge on any atom is 0.317 e. The van der Waals surface area contributed by atoms with E-state index in [4.69, 9.17) is 9.47 Å². The predicted octanol–water partition coefficient (Wildman–Crippen LogP) is 1.22. The van der Waals surface area contributed by atoms with E-state index < -0.39 is 52.4 Å². The lowest BCUT2D eigenvalue weighted by Gasteiger charge is -2.58. The molecule has 1 heterocycles. The van der Waals surface area contributed by atoms with Crippen LogP contribution in [0.25, 0.3) is 0 Å². The highest BCUT2D eigenvalue weighted by atomic mass is 16.5. The van der Waals surface area contributed by atoms with Gasteiger partial charge >= 0.3 is 11.9 Å². The first-order valence-corrected chi connectivity index (χ1v) is 9.31. The summed E-state index contributed by atoms with van der Waals surface area (Å²) in [6, 6.07) is 0. The van der Waals surface area contributed by atoms with E-state index in [0.717, 1.165) is 6.29 Å². The highest BCUT2D eigenvalue weighted by Gasteiger charge is 2.65. The summed E-state index contributed by atoms with van der Waals surface area (Å²) < 4.78 is 10.6. The molecule has 0 amide bonds. The topological polar surface area (TPSA) is 107 Å². The van der Waals surface area contributed by atoms with Gasteiger partial charge in [0.15, 0.2) is 5.78 Å². The Balaban J connectivity index is 2.04. The Hall–Kier alpha value is -2.02. The van der Waals surface area contributed by atoms with Crippen LogP contribution < -0.4 is 0 Å². The lowest BCUT2D eigenvalue weighted by molar-refractivity contribution is -0.208. The molecule has 3 fully saturated rings. The number of esters is 2. The average molecular weight is 378 g/mol. The van der Waals surface area contributed by atoms with Crippen LogP contribution in [0.2, 0.25) is 0 Å². The minimum Gasteiger partial charge on any atom is -0.465 e. The van der Waals surface area contributed by atoms with E-state index in [0.29, 0.717) is 19.3 Å². The summed E-state index contributed by atoms with van der Waals surface area (Å²) in [5, 5.41) is 10.8. The first-order valence-electron chi connectivity index (χ1n) is 9.31. The lowest BCUT2D eigenvalue weighted by Crippen LogP contribution is -2.64. The normalized spacial score (nSPS) is 41.7. The van der Waals surface area contributed by atoms with Gasteiger partial charge in [0.05, 0.1) is 19.3 Å². The zero-order chi connectivity index (χ0) is 20.0. The number of fused-ring (bicyclic) bond motifs is 2. The van der Waals surface area contributed by atoms with E-state index in [1.54, 1.807) is 0 Å². The number of hydrogen-bond donors (Lipinski definition) is 1. The van der Waals surface area contributed by atoms with Crippen molar-refractivity contribution < 1.29 is 33.8 Å². The van der Waals surface area contributed by atoms with E-state index >= 15 is 0 Å². The van der Waals surface area contributed by atoms with Gasteiger partial charge < -0.3 is 19.4 Å². The predicted molar refractivity (Wildman–Crippen MR) is 93.3 cm³/mol. The molecule has 6 atom stereocenters. The molecule has 3 aliphatic rings. The number of aliphatic hydroxyl groups excluding tert-OH is 1. The maximum atomic E-state index is 12.6. The molecule has 0 radical (unpaired) electrons. The molecule has 6 unspecified atom stereocenters. The standard InChI is InChI=1S/C20H26O7/c1-11-7-13(23)16-15(17(11)24)18(25)27-10-20(16)6-4-5-19(3,14(20)8-21)9-26-12(2)22/h8,13-16,23H,1,4-7,9-10H2,2-3H3. The molecule has 1 aliphatic heterocycles. The minimum atomic E-state index is -1.13. The molecule has 3 rings (SSSR count). The Morgan fingerprint density at radius 3 is 2.74 bits per heavy atom. The Kier molecular flexibility index (Phi) is 5.01. The zero-order valence-electron chi connectivity index (χ0n) is 15.7. The number of hydrogen-bond acceptors (Lipinski definition) is 7. The summed E-state index contributed by atoms with van der Waals surface area (Å²) in [7, 11) is 0. The molecule has 0 aromatic heterocycles. The van der Waals surface area contributed by atoms with Crippen LogP contribution in [-0.4, -0.2) is 48.4 Å². The molecule has 7 heteroatoms. The van der Waals surface area contributed by atoms with E-state index in [1.165, 1.54) is 6.92 Å². The number of aliphatic hydroxyl groups is 1. The first-order chi connectivity index (χ1) is 12.7. The first kappa shape index (κ1) is 19.7. The Bertz CT molecular complexity index is 698. The molecule has 0 bridgehead atoms. The fourth-order valence-electron chi connectivity index (χ4n) is 5.54. The zero-order valence-corrected chi connectivity index (χ0v) is 15.7. The third-order valence-corrected chi connectivity index (χ3v) is 6.76. The smallest absolute Gasteiger partial charge is 0.317 e. The molecule has 7 nitrogen and oxygen atoms in total. The Labute approximate surface area is 158 Å². The molecule has 2 saturated carbocycles. The largest absolute Gasteiger partial charge is 0.465 e. The molecular formula is C20H26O7. The third kappa shape index (κ3) is 3.02. The second-order valence-corrected chi connectivity index (χ2v) is 8.49. The molecule has 0 aromatic rings. The van der Waals surface area contributed by atoms with Crippen molar-refractivity contribution in [2.75, 3.05) is 13.2 Å². The minimum absolute atomic E-state index is 0.0249. The molecule has 148 valence electrons. The molecular weight excluding hydrogens is 352 g/mol. The molecule has 1 saturated heterocycles.